The summed E-state index contributed by atoms with van der Waals surface area (Å²) in [5, 5.41) is 19.0. The fourth-order valence-corrected chi connectivity index (χ4v) is 4.61. The van der Waals surface area contributed by atoms with Crippen molar-refractivity contribution < 1.29 is 19.7 Å². The first-order valence-electron chi connectivity index (χ1n) is 8.20. The van der Waals surface area contributed by atoms with Crippen LogP contribution >= 0.6 is 45.2 Å². The Balaban J connectivity index is 2.29. The van der Waals surface area contributed by atoms with Crippen LogP contribution in [0, 0.1) is 7.14 Å². The SMILES string of the molecule is CCC(C)c1cc(Oc2c(I)cc(C[C@H](N)C(=O)O)cc2I)ccc1O. The molecule has 0 bridgehead atoms. The molecule has 0 amide bonds. The van der Waals surface area contributed by atoms with E-state index in [-0.39, 0.29) is 18.1 Å². The second kappa shape index (κ2) is 9.23. The Morgan fingerprint density at radius 1 is 1.23 bits per heavy atom. The van der Waals surface area contributed by atoms with Gasteiger partial charge in [-0.3, -0.25) is 4.79 Å². The lowest BCUT2D eigenvalue weighted by Crippen LogP contribution is -2.32. The van der Waals surface area contributed by atoms with Crippen LogP contribution in [0.1, 0.15) is 37.3 Å². The Morgan fingerprint density at radius 3 is 2.38 bits per heavy atom. The molecule has 0 radical (unpaired) electrons. The predicted molar refractivity (Wildman–Crippen MR) is 118 cm³/mol. The molecule has 0 aromatic heterocycles. The van der Waals surface area contributed by atoms with Gasteiger partial charge in [0, 0.05) is 5.56 Å². The van der Waals surface area contributed by atoms with E-state index in [9.17, 15) is 9.90 Å². The maximum absolute atomic E-state index is 10.9. The molecule has 0 saturated carbocycles. The minimum atomic E-state index is -1.02. The van der Waals surface area contributed by atoms with Crippen molar-refractivity contribution >= 4 is 51.2 Å². The van der Waals surface area contributed by atoms with Crippen LogP contribution in [0.3, 0.4) is 0 Å². The number of ether oxygens (including phenoxy) is 1. The molecule has 140 valence electrons. The fourth-order valence-electron chi connectivity index (χ4n) is 2.50. The molecule has 2 atom stereocenters. The highest BCUT2D eigenvalue weighted by molar-refractivity contribution is 14.1. The highest BCUT2D eigenvalue weighted by atomic mass is 127. The zero-order chi connectivity index (χ0) is 19.4. The van der Waals surface area contributed by atoms with Gasteiger partial charge in [-0.2, -0.15) is 0 Å². The smallest absolute Gasteiger partial charge is 0.320 e. The number of benzene rings is 2. The standard InChI is InChI=1S/C19H21I2NO4/c1-3-10(2)13-9-12(4-5-17(13)23)26-18-14(20)6-11(7-15(18)21)8-16(22)19(24)25/h4-7,9-10,16,23H,3,8,22H2,1-2H3,(H,24,25)/t10?,16-/m0/s1. The van der Waals surface area contributed by atoms with E-state index in [1.807, 2.05) is 18.2 Å². The van der Waals surface area contributed by atoms with Gasteiger partial charge < -0.3 is 20.7 Å². The van der Waals surface area contributed by atoms with Gasteiger partial charge in [0.05, 0.1) is 7.14 Å². The van der Waals surface area contributed by atoms with E-state index in [1.165, 1.54) is 0 Å². The number of hydrogen-bond acceptors (Lipinski definition) is 4. The number of carboxylic acid groups (broad SMARTS) is 1. The summed E-state index contributed by atoms with van der Waals surface area (Å²) >= 11 is 4.34. The van der Waals surface area contributed by atoms with E-state index >= 15 is 0 Å². The lowest BCUT2D eigenvalue weighted by atomic mass is 9.97. The van der Waals surface area contributed by atoms with Gasteiger partial charge in [-0.25, -0.2) is 0 Å². The van der Waals surface area contributed by atoms with E-state index in [2.05, 4.69) is 59.0 Å². The summed E-state index contributed by atoms with van der Waals surface area (Å²) in [4.78, 5) is 10.9. The average molecular weight is 581 g/mol. The molecule has 26 heavy (non-hydrogen) atoms. The highest BCUT2D eigenvalue weighted by Crippen LogP contribution is 2.36. The molecule has 2 aromatic carbocycles. The Labute approximate surface area is 180 Å². The van der Waals surface area contributed by atoms with Crippen LogP contribution in [-0.2, 0) is 11.2 Å². The van der Waals surface area contributed by atoms with Crippen molar-refractivity contribution in [2.45, 2.75) is 38.6 Å². The first kappa shape index (κ1) is 21.2. The summed E-state index contributed by atoms with van der Waals surface area (Å²) in [5.74, 6) is 0.853. The van der Waals surface area contributed by atoms with Gasteiger partial charge in [0.2, 0.25) is 0 Å². The van der Waals surface area contributed by atoms with Crippen molar-refractivity contribution in [3.63, 3.8) is 0 Å². The van der Waals surface area contributed by atoms with E-state index in [1.54, 1.807) is 12.1 Å². The Kier molecular flexibility index (Phi) is 7.53. The van der Waals surface area contributed by atoms with Gasteiger partial charge in [-0.05, 0) is 99.8 Å². The van der Waals surface area contributed by atoms with E-state index in [0.717, 1.165) is 24.7 Å². The monoisotopic (exact) mass is 581 g/mol. The number of carboxylic acids is 1. The number of rotatable bonds is 7. The molecule has 0 aliphatic carbocycles. The Bertz CT molecular complexity index is 787. The van der Waals surface area contributed by atoms with E-state index in [4.69, 9.17) is 15.6 Å². The number of nitrogens with two attached hydrogens (primary N) is 1. The molecule has 0 saturated heterocycles. The number of carbonyl (C=O) groups is 1. The predicted octanol–water partition coefficient (Wildman–Crippen LogP) is 4.86. The van der Waals surface area contributed by atoms with Crippen molar-refractivity contribution in [3.8, 4) is 17.2 Å². The molecular formula is C19H21I2NO4. The normalized spacial score (nSPS) is 13.3. The third kappa shape index (κ3) is 5.23. The quantitative estimate of drug-likeness (QED) is 0.407. The molecule has 2 rings (SSSR count). The zero-order valence-electron chi connectivity index (χ0n) is 14.5. The summed E-state index contributed by atoms with van der Waals surface area (Å²) in [6, 6.07) is 8.10. The molecule has 4 N–H and O–H groups in total. The van der Waals surface area contributed by atoms with Crippen LogP contribution < -0.4 is 10.5 Å². The highest BCUT2D eigenvalue weighted by Gasteiger charge is 2.17. The topological polar surface area (TPSA) is 92.8 Å². The summed E-state index contributed by atoms with van der Waals surface area (Å²) in [7, 11) is 0. The summed E-state index contributed by atoms with van der Waals surface area (Å²) in [6.45, 7) is 4.14. The van der Waals surface area contributed by atoms with Crippen LogP contribution in [0.4, 0.5) is 0 Å². The van der Waals surface area contributed by atoms with Crippen LogP contribution in [0.2, 0.25) is 0 Å². The molecule has 0 spiro atoms. The lowest BCUT2D eigenvalue weighted by molar-refractivity contribution is -0.138. The van der Waals surface area contributed by atoms with Gasteiger partial charge >= 0.3 is 5.97 Å². The van der Waals surface area contributed by atoms with Crippen molar-refractivity contribution in [1.82, 2.24) is 0 Å². The fraction of sp³-hybridized carbons (Fsp3) is 0.316. The lowest BCUT2D eigenvalue weighted by Gasteiger charge is -2.16. The number of hydrogen-bond donors (Lipinski definition) is 3. The third-order valence-electron chi connectivity index (χ3n) is 4.19. The number of phenolic OH excluding ortho intramolecular Hbond substituents is 1. The zero-order valence-corrected chi connectivity index (χ0v) is 18.8. The maximum atomic E-state index is 10.9. The van der Waals surface area contributed by atoms with Gasteiger partial charge in [0.25, 0.3) is 0 Å². The van der Waals surface area contributed by atoms with Gasteiger partial charge in [-0.1, -0.05) is 13.8 Å². The molecule has 0 fully saturated rings. The second-order valence-corrected chi connectivity index (χ2v) is 8.49. The number of aliphatic carboxylic acids is 1. The van der Waals surface area contributed by atoms with Crippen LogP contribution in [0.15, 0.2) is 30.3 Å². The molecular weight excluding hydrogens is 560 g/mol. The molecule has 7 heteroatoms. The number of halogens is 2. The van der Waals surface area contributed by atoms with Crippen LogP contribution in [0.5, 0.6) is 17.2 Å². The van der Waals surface area contributed by atoms with Crippen molar-refractivity contribution in [1.29, 1.82) is 0 Å². The third-order valence-corrected chi connectivity index (χ3v) is 5.80. The second-order valence-electron chi connectivity index (χ2n) is 6.17. The molecule has 5 nitrogen and oxygen atoms in total. The molecule has 1 unspecified atom stereocenters. The van der Waals surface area contributed by atoms with Gasteiger partial charge in [0.15, 0.2) is 5.75 Å². The first-order chi connectivity index (χ1) is 12.2. The van der Waals surface area contributed by atoms with Crippen LogP contribution in [-0.4, -0.2) is 22.2 Å². The number of phenols is 1. The first-order valence-corrected chi connectivity index (χ1v) is 10.4. The van der Waals surface area contributed by atoms with Gasteiger partial charge in [-0.15, -0.1) is 0 Å². The average Bonchev–Trinajstić information content (AvgIpc) is 2.58. The largest absolute Gasteiger partial charge is 0.508 e. The Morgan fingerprint density at radius 2 is 1.85 bits per heavy atom. The minimum Gasteiger partial charge on any atom is -0.508 e. The number of aromatic hydroxyl groups is 1. The Hall–Kier alpha value is -1.07. The molecule has 0 heterocycles. The summed E-state index contributed by atoms with van der Waals surface area (Å²) in [5.41, 5.74) is 7.34. The molecule has 2 aromatic rings. The molecule has 0 aliphatic heterocycles. The van der Waals surface area contributed by atoms with Gasteiger partial charge in [0.1, 0.15) is 17.5 Å². The molecule has 0 aliphatic rings. The van der Waals surface area contributed by atoms with Crippen LogP contribution in [0.25, 0.3) is 0 Å². The van der Waals surface area contributed by atoms with Crippen molar-refractivity contribution in [2.24, 2.45) is 5.73 Å². The summed E-state index contributed by atoms with van der Waals surface area (Å²) in [6.07, 6.45) is 1.18. The van der Waals surface area contributed by atoms with Crippen molar-refractivity contribution in [2.75, 3.05) is 0 Å². The minimum absolute atomic E-state index is 0.233. The summed E-state index contributed by atoms with van der Waals surface area (Å²) < 4.78 is 7.81. The van der Waals surface area contributed by atoms with E-state index in [0.29, 0.717) is 11.5 Å². The maximum Gasteiger partial charge on any atom is 0.320 e. The van der Waals surface area contributed by atoms with E-state index < -0.39 is 12.0 Å². The van der Waals surface area contributed by atoms with Crippen molar-refractivity contribution in [3.05, 3.63) is 48.6 Å².